The van der Waals surface area contributed by atoms with Gasteiger partial charge in [0.05, 0.1) is 23.9 Å². The maximum absolute atomic E-state index is 6.14. The van der Waals surface area contributed by atoms with Crippen molar-refractivity contribution < 1.29 is 9.47 Å². The second-order valence-electron chi connectivity index (χ2n) is 7.28. The van der Waals surface area contributed by atoms with Crippen LogP contribution in [0, 0.1) is 0 Å². The van der Waals surface area contributed by atoms with Crippen LogP contribution in [0.5, 0.6) is 11.8 Å². The molecule has 0 atom stereocenters. The van der Waals surface area contributed by atoms with E-state index in [0.29, 0.717) is 30.0 Å². The first-order valence-electron chi connectivity index (χ1n) is 10.1. The fourth-order valence-corrected chi connectivity index (χ4v) is 4.05. The van der Waals surface area contributed by atoms with Gasteiger partial charge in [-0.1, -0.05) is 42.1 Å². The molecule has 1 fully saturated rings. The zero-order chi connectivity index (χ0) is 21.6. The van der Waals surface area contributed by atoms with Gasteiger partial charge in [0.2, 0.25) is 17.7 Å². The van der Waals surface area contributed by atoms with Crippen LogP contribution in [0.4, 0.5) is 11.6 Å². The summed E-state index contributed by atoms with van der Waals surface area (Å²) in [5, 5.41) is 0. The van der Waals surface area contributed by atoms with Crippen LogP contribution in [0.15, 0.2) is 58.6 Å². The van der Waals surface area contributed by atoms with Crippen molar-refractivity contribution in [1.29, 1.82) is 0 Å². The van der Waals surface area contributed by atoms with E-state index in [4.69, 9.17) is 20.2 Å². The van der Waals surface area contributed by atoms with Crippen molar-refractivity contribution in [2.75, 3.05) is 51.0 Å². The van der Waals surface area contributed by atoms with Gasteiger partial charge in [0.25, 0.3) is 0 Å². The first-order valence-corrected chi connectivity index (χ1v) is 10.9. The molecular weight excluding hydrogens is 412 g/mol. The molecule has 2 N–H and O–H groups in total. The van der Waals surface area contributed by atoms with E-state index < -0.39 is 0 Å². The SMILES string of the molecule is COc1ncc(Sc2cnc(N3CCN(C)CC3)nc2OCc2ccccc2)cc1N. The highest BCUT2D eigenvalue weighted by atomic mass is 32.2. The normalized spacial score (nSPS) is 14.5. The Labute approximate surface area is 186 Å². The van der Waals surface area contributed by atoms with Crippen molar-refractivity contribution in [3.8, 4) is 11.8 Å². The summed E-state index contributed by atoms with van der Waals surface area (Å²) in [4.78, 5) is 19.8. The van der Waals surface area contributed by atoms with Gasteiger partial charge in [0.15, 0.2) is 0 Å². The Hall–Kier alpha value is -3.04. The Kier molecular flexibility index (Phi) is 6.73. The second-order valence-corrected chi connectivity index (χ2v) is 8.39. The molecule has 162 valence electrons. The van der Waals surface area contributed by atoms with E-state index in [9.17, 15) is 0 Å². The van der Waals surface area contributed by atoms with Crippen LogP contribution in [0.3, 0.4) is 0 Å². The molecule has 1 saturated heterocycles. The summed E-state index contributed by atoms with van der Waals surface area (Å²) >= 11 is 1.46. The number of pyridine rings is 1. The predicted molar refractivity (Wildman–Crippen MR) is 122 cm³/mol. The molecule has 0 spiro atoms. The van der Waals surface area contributed by atoms with Gasteiger partial charge in [-0.25, -0.2) is 9.97 Å². The maximum Gasteiger partial charge on any atom is 0.236 e. The molecular formula is C22H26N6O2S. The van der Waals surface area contributed by atoms with Crippen molar-refractivity contribution in [2.24, 2.45) is 0 Å². The third-order valence-electron chi connectivity index (χ3n) is 4.99. The lowest BCUT2D eigenvalue weighted by molar-refractivity contribution is 0.283. The number of nitrogen functional groups attached to an aromatic ring is 1. The quantitative estimate of drug-likeness (QED) is 0.598. The molecule has 8 nitrogen and oxygen atoms in total. The lowest BCUT2D eigenvalue weighted by Crippen LogP contribution is -2.45. The van der Waals surface area contributed by atoms with Crippen LogP contribution in [-0.2, 0) is 6.61 Å². The van der Waals surface area contributed by atoms with Crippen LogP contribution >= 0.6 is 11.8 Å². The number of ether oxygens (including phenoxy) is 2. The molecule has 3 heterocycles. The van der Waals surface area contributed by atoms with Crippen molar-refractivity contribution in [3.63, 3.8) is 0 Å². The molecule has 0 amide bonds. The van der Waals surface area contributed by atoms with Gasteiger partial charge in [-0.3, -0.25) is 0 Å². The molecule has 0 radical (unpaired) electrons. The zero-order valence-corrected chi connectivity index (χ0v) is 18.5. The lowest BCUT2D eigenvalue weighted by Gasteiger charge is -2.32. The van der Waals surface area contributed by atoms with Crippen LogP contribution in [0.2, 0.25) is 0 Å². The number of anilines is 2. The number of piperazine rings is 1. The summed E-state index contributed by atoms with van der Waals surface area (Å²) < 4.78 is 11.3. The Morgan fingerprint density at radius 2 is 1.81 bits per heavy atom. The summed E-state index contributed by atoms with van der Waals surface area (Å²) in [7, 11) is 3.67. The van der Waals surface area contributed by atoms with Crippen LogP contribution in [0.25, 0.3) is 0 Å². The minimum atomic E-state index is 0.409. The fourth-order valence-electron chi connectivity index (χ4n) is 3.21. The van der Waals surface area contributed by atoms with Gasteiger partial charge in [-0.15, -0.1) is 0 Å². The number of aromatic nitrogens is 3. The Bertz CT molecular complexity index is 1010. The summed E-state index contributed by atoms with van der Waals surface area (Å²) in [5.41, 5.74) is 7.58. The molecule has 4 rings (SSSR count). The highest BCUT2D eigenvalue weighted by molar-refractivity contribution is 7.99. The molecule has 3 aromatic rings. The van der Waals surface area contributed by atoms with E-state index >= 15 is 0 Å². The van der Waals surface area contributed by atoms with Gasteiger partial charge < -0.3 is 25.0 Å². The van der Waals surface area contributed by atoms with Crippen molar-refractivity contribution in [2.45, 2.75) is 16.4 Å². The van der Waals surface area contributed by atoms with E-state index in [2.05, 4.69) is 26.8 Å². The van der Waals surface area contributed by atoms with E-state index in [1.807, 2.05) is 42.6 Å². The topological polar surface area (TPSA) is 89.6 Å². The minimum Gasteiger partial charge on any atom is -0.480 e. The smallest absolute Gasteiger partial charge is 0.236 e. The monoisotopic (exact) mass is 438 g/mol. The average Bonchev–Trinajstić information content (AvgIpc) is 2.80. The van der Waals surface area contributed by atoms with Crippen molar-refractivity contribution >= 4 is 23.4 Å². The highest BCUT2D eigenvalue weighted by Crippen LogP contribution is 2.36. The lowest BCUT2D eigenvalue weighted by atomic mass is 10.2. The highest BCUT2D eigenvalue weighted by Gasteiger charge is 2.19. The number of benzene rings is 1. The standard InChI is InChI=1S/C22H26N6O2S/c1-27-8-10-28(11-9-27)22-25-14-19(31-17-12-18(23)20(29-2)24-13-17)21(26-22)30-15-16-6-4-3-5-7-16/h3-7,12-14H,8-11,15,23H2,1-2H3. The molecule has 0 saturated carbocycles. The van der Waals surface area contributed by atoms with Crippen LogP contribution in [0.1, 0.15) is 5.56 Å². The van der Waals surface area contributed by atoms with E-state index in [1.54, 1.807) is 13.3 Å². The van der Waals surface area contributed by atoms with Crippen molar-refractivity contribution in [3.05, 3.63) is 54.4 Å². The average molecular weight is 439 g/mol. The molecule has 2 aromatic heterocycles. The number of likely N-dealkylation sites (N-methyl/N-ethyl adjacent to an activating group) is 1. The first kappa shape index (κ1) is 21.2. The largest absolute Gasteiger partial charge is 0.480 e. The third-order valence-corrected chi connectivity index (χ3v) is 5.95. The Morgan fingerprint density at radius 1 is 1.03 bits per heavy atom. The van der Waals surface area contributed by atoms with Gasteiger partial charge in [0, 0.05) is 37.3 Å². The van der Waals surface area contributed by atoms with Crippen LogP contribution < -0.4 is 20.1 Å². The Balaban J connectivity index is 1.58. The van der Waals surface area contributed by atoms with Gasteiger partial charge in [0.1, 0.15) is 6.61 Å². The molecule has 9 heteroatoms. The second kappa shape index (κ2) is 9.84. The van der Waals surface area contributed by atoms with E-state index in [1.165, 1.54) is 11.8 Å². The molecule has 0 aliphatic carbocycles. The number of hydrogen-bond acceptors (Lipinski definition) is 9. The summed E-state index contributed by atoms with van der Waals surface area (Å²) in [6.07, 6.45) is 3.53. The van der Waals surface area contributed by atoms with E-state index in [-0.39, 0.29) is 0 Å². The van der Waals surface area contributed by atoms with Crippen LogP contribution in [-0.4, -0.2) is 60.2 Å². The minimum absolute atomic E-state index is 0.409. The molecule has 31 heavy (non-hydrogen) atoms. The zero-order valence-electron chi connectivity index (χ0n) is 17.7. The molecule has 1 aliphatic rings. The number of rotatable bonds is 7. The maximum atomic E-state index is 6.14. The van der Waals surface area contributed by atoms with E-state index in [0.717, 1.165) is 41.5 Å². The van der Waals surface area contributed by atoms with Gasteiger partial charge in [-0.05, 0) is 18.7 Å². The summed E-state index contributed by atoms with van der Waals surface area (Å²) in [5.74, 6) is 1.65. The molecule has 1 aromatic carbocycles. The van der Waals surface area contributed by atoms with Crippen molar-refractivity contribution in [1.82, 2.24) is 19.9 Å². The third kappa shape index (κ3) is 5.36. The molecule has 0 bridgehead atoms. The van der Waals surface area contributed by atoms with Gasteiger partial charge in [-0.2, -0.15) is 4.98 Å². The first-order chi connectivity index (χ1) is 15.1. The summed E-state index contributed by atoms with van der Waals surface area (Å²) in [6.45, 7) is 4.17. The molecule has 1 aliphatic heterocycles. The fraction of sp³-hybridized carbons (Fsp3) is 0.318. The molecule has 0 unspecified atom stereocenters. The summed E-state index contributed by atoms with van der Waals surface area (Å²) in [6, 6.07) is 11.9. The van der Waals surface area contributed by atoms with Gasteiger partial charge >= 0.3 is 0 Å². The number of nitrogens with zero attached hydrogens (tertiary/aromatic N) is 5. The number of methoxy groups -OCH3 is 1. The number of hydrogen-bond donors (Lipinski definition) is 1. The number of nitrogens with two attached hydrogens (primary N) is 1. The predicted octanol–water partition coefficient (Wildman–Crippen LogP) is 2.94. The Morgan fingerprint density at radius 3 is 2.52 bits per heavy atom.